The summed E-state index contributed by atoms with van der Waals surface area (Å²) in [6.45, 7) is 4.98. The van der Waals surface area contributed by atoms with Gasteiger partial charge in [-0.1, -0.05) is 12.1 Å². The van der Waals surface area contributed by atoms with Crippen molar-refractivity contribution >= 4 is 6.03 Å². The van der Waals surface area contributed by atoms with Crippen molar-refractivity contribution in [1.29, 1.82) is 0 Å². The predicted molar refractivity (Wildman–Crippen MR) is 93.8 cm³/mol. The summed E-state index contributed by atoms with van der Waals surface area (Å²) in [7, 11) is 0. The number of aryl methyl sites for hydroxylation is 1. The minimum absolute atomic E-state index is 0.0735. The lowest BCUT2D eigenvalue weighted by molar-refractivity contribution is 0.0675. The number of para-hydroxylation sites is 2. The van der Waals surface area contributed by atoms with Crippen molar-refractivity contribution in [3.8, 4) is 11.5 Å². The number of nitrogens with one attached hydrogen (secondary N) is 1. The van der Waals surface area contributed by atoms with Gasteiger partial charge in [0.1, 0.15) is 6.61 Å². The maximum absolute atomic E-state index is 12.4. The number of benzene rings is 1. The molecule has 2 aromatic rings. The van der Waals surface area contributed by atoms with E-state index in [0.717, 1.165) is 24.5 Å². The summed E-state index contributed by atoms with van der Waals surface area (Å²) in [4.78, 5) is 18.1. The summed E-state index contributed by atoms with van der Waals surface area (Å²) >= 11 is 0. The third kappa shape index (κ3) is 4.65. The Bertz CT molecular complexity index is 675. The first-order chi connectivity index (χ1) is 12.3. The Kier molecular flexibility index (Phi) is 5.77. The minimum atomic E-state index is -0.161. The van der Waals surface area contributed by atoms with Gasteiger partial charge in [0, 0.05) is 32.0 Å². The second-order valence-electron chi connectivity index (χ2n) is 5.92. The Balaban J connectivity index is 1.43. The quantitative estimate of drug-likeness (QED) is 0.782. The zero-order chi connectivity index (χ0) is 17.5. The summed E-state index contributed by atoms with van der Waals surface area (Å²) in [6.07, 6.45) is 6.14. The van der Waals surface area contributed by atoms with Crippen LogP contribution in [0.5, 0.6) is 11.5 Å². The third-order valence-corrected chi connectivity index (χ3v) is 4.09. The van der Waals surface area contributed by atoms with Crippen LogP contribution in [0.2, 0.25) is 0 Å². The first-order valence-electron chi connectivity index (χ1n) is 8.63. The standard InChI is InChI=1S/C18H24N4O3/c1-2-22(18(23)20-8-5-10-21-11-9-19-14-21)12-15-13-24-16-6-3-4-7-17(16)25-15/h3-4,6-7,9,11,14-15H,2,5,8,10,12-13H2,1H3,(H,20,23)/t15-/m0/s1. The summed E-state index contributed by atoms with van der Waals surface area (Å²) in [5.74, 6) is 1.49. The van der Waals surface area contributed by atoms with E-state index < -0.39 is 0 Å². The van der Waals surface area contributed by atoms with E-state index in [1.807, 2.05) is 42.0 Å². The molecule has 2 amide bonds. The summed E-state index contributed by atoms with van der Waals surface area (Å²) in [5, 5.41) is 2.96. The number of carbonyl (C=O) groups excluding carboxylic acids is 1. The van der Waals surface area contributed by atoms with E-state index >= 15 is 0 Å². The fourth-order valence-corrected chi connectivity index (χ4v) is 2.74. The Labute approximate surface area is 147 Å². The van der Waals surface area contributed by atoms with Crippen molar-refractivity contribution in [3.05, 3.63) is 43.0 Å². The zero-order valence-corrected chi connectivity index (χ0v) is 14.4. The van der Waals surface area contributed by atoms with Gasteiger partial charge in [-0.15, -0.1) is 0 Å². The van der Waals surface area contributed by atoms with Crippen molar-refractivity contribution in [2.24, 2.45) is 0 Å². The number of imidazole rings is 1. The van der Waals surface area contributed by atoms with Crippen molar-refractivity contribution in [1.82, 2.24) is 19.8 Å². The molecule has 134 valence electrons. The van der Waals surface area contributed by atoms with Crippen LogP contribution in [0, 0.1) is 0 Å². The SMILES string of the molecule is CCN(C[C@H]1COc2ccccc2O1)C(=O)NCCCn1ccnc1. The molecule has 2 heterocycles. The number of hydrogen-bond acceptors (Lipinski definition) is 4. The lowest BCUT2D eigenvalue weighted by Crippen LogP contribution is -2.47. The fraction of sp³-hybridized carbons (Fsp3) is 0.444. The molecule has 7 heteroatoms. The summed E-state index contributed by atoms with van der Waals surface area (Å²) < 4.78 is 13.6. The first-order valence-corrected chi connectivity index (χ1v) is 8.63. The molecule has 3 rings (SSSR count). The average Bonchev–Trinajstić information content (AvgIpc) is 3.16. The summed E-state index contributed by atoms with van der Waals surface area (Å²) in [6, 6.07) is 7.52. The number of amides is 2. The molecule has 25 heavy (non-hydrogen) atoms. The molecule has 0 aliphatic carbocycles. The smallest absolute Gasteiger partial charge is 0.317 e. The molecular weight excluding hydrogens is 320 g/mol. The molecule has 1 atom stereocenters. The van der Waals surface area contributed by atoms with E-state index in [1.165, 1.54) is 0 Å². The topological polar surface area (TPSA) is 68.6 Å². The zero-order valence-electron chi connectivity index (χ0n) is 14.4. The Hall–Kier alpha value is -2.70. The van der Waals surface area contributed by atoms with Crippen LogP contribution in [0.4, 0.5) is 4.79 Å². The van der Waals surface area contributed by atoms with Gasteiger partial charge in [0.25, 0.3) is 0 Å². The number of nitrogens with zero attached hydrogens (tertiary/aromatic N) is 3. The highest BCUT2D eigenvalue weighted by atomic mass is 16.6. The van der Waals surface area contributed by atoms with Crippen LogP contribution in [0.15, 0.2) is 43.0 Å². The van der Waals surface area contributed by atoms with Gasteiger partial charge in [0.2, 0.25) is 0 Å². The number of ether oxygens (including phenoxy) is 2. The second-order valence-corrected chi connectivity index (χ2v) is 5.92. The fourth-order valence-electron chi connectivity index (χ4n) is 2.74. The molecule has 1 N–H and O–H groups in total. The molecule has 0 radical (unpaired) electrons. The van der Waals surface area contributed by atoms with Crippen LogP contribution in [-0.4, -0.2) is 52.8 Å². The first kappa shape index (κ1) is 17.1. The van der Waals surface area contributed by atoms with Crippen LogP contribution in [0.25, 0.3) is 0 Å². The van der Waals surface area contributed by atoms with E-state index in [-0.39, 0.29) is 12.1 Å². The minimum Gasteiger partial charge on any atom is -0.486 e. The number of rotatable bonds is 7. The van der Waals surface area contributed by atoms with Gasteiger partial charge in [-0.05, 0) is 25.5 Å². The molecule has 0 bridgehead atoms. The highest BCUT2D eigenvalue weighted by molar-refractivity contribution is 5.74. The predicted octanol–water partition coefficient (Wildman–Crippen LogP) is 2.14. The molecule has 1 aliphatic heterocycles. The van der Waals surface area contributed by atoms with Crippen molar-refractivity contribution in [3.63, 3.8) is 0 Å². The van der Waals surface area contributed by atoms with Gasteiger partial charge in [-0.25, -0.2) is 9.78 Å². The lowest BCUT2D eigenvalue weighted by Gasteiger charge is -2.31. The molecule has 0 saturated carbocycles. The molecule has 1 aliphatic rings. The van der Waals surface area contributed by atoms with E-state index in [2.05, 4.69) is 10.3 Å². The number of likely N-dealkylation sites (N-methyl/N-ethyl adjacent to an activating group) is 1. The monoisotopic (exact) mass is 344 g/mol. The molecular formula is C18H24N4O3. The summed E-state index contributed by atoms with van der Waals surface area (Å²) in [5.41, 5.74) is 0. The molecule has 7 nitrogen and oxygen atoms in total. The molecule has 1 aromatic carbocycles. The largest absolute Gasteiger partial charge is 0.486 e. The maximum Gasteiger partial charge on any atom is 0.317 e. The number of urea groups is 1. The molecule has 0 saturated heterocycles. The van der Waals surface area contributed by atoms with Crippen LogP contribution in [0.3, 0.4) is 0 Å². The highest BCUT2D eigenvalue weighted by Crippen LogP contribution is 2.30. The van der Waals surface area contributed by atoms with E-state index in [0.29, 0.717) is 26.2 Å². The number of aromatic nitrogens is 2. The Morgan fingerprint density at radius 3 is 3.00 bits per heavy atom. The molecule has 0 spiro atoms. The number of carbonyl (C=O) groups is 1. The molecule has 0 fully saturated rings. The maximum atomic E-state index is 12.4. The lowest BCUT2D eigenvalue weighted by atomic mass is 10.2. The van der Waals surface area contributed by atoms with Gasteiger partial charge in [-0.2, -0.15) is 0 Å². The van der Waals surface area contributed by atoms with E-state index in [9.17, 15) is 4.79 Å². The molecule has 1 aromatic heterocycles. The number of fused-ring (bicyclic) bond motifs is 1. The van der Waals surface area contributed by atoms with Gasteiger partial charge in [0.05, 0.1) is 12.9 Å². The van der Waals surface area contributed by atoms with Gasteiger partial charge in [0.15, 0.2) is 17.6 Å². The third-order valence-electron chi connectivity index (χ3n) is 4.09. The average molecular weight is 344 g/mol. The van der Waals surface area contributed by atoms with Crippen LogP contribution < -0.4 is 14.8 Å². The van der Waals surface area contributed by atoms with Gasteiger partial charge < -0.3 is 24.3 Å². The second kappa shape index (κ2) is 8.41. The van der Waals surface area contributed by atoms with E-state index in [1.54, 1.807) is 17.4 Å². The van der Waals surface area contributed by atoms with E-state index in [4.69, 9.17) is 9.47 Å². The van der Waals surface area contributed by atoms with Crippen molar-refractivity contribution in [2.45, 2.75) is 26.0 Å². The van der Waals surface area contributed by atoms with Crippen molar-refractivity contribution in [2.75, 3.05) is 26.2 Å². The van der Waals surface area contributed by atoms with Crippen molar-refractivity contribution < 1.29 is 14.3 Å². The van der Waals surface area contributed by atoms with Crippen LogP contribution >= 0.6 is 0 Å². The highest BCUT2D eigenvalue weighted by Gasteiger charge is 2.24. The van der Waals surface area contributed by atoms with Crippen LogP contribution in [-0.2, 0) is 6.54 Å². The molecule has 0 unspecified atom stereocenters. The Morgan fingerprint density at radius 2 is 2.24 bits per heavy atom. The Morgan fingerprint density at radius 1 is 1.40 bits per heavy atom. The van der Waals surface area contributed by atoms with Crippen LogP contribution in [0.1, 0.15) is 13.3 Å². The van der Waals surface area contributed by atoms with Gasteiger partial charge in [-0.3, -0.25) is 0 Å². The van der Waals surface area contributed by atoms with Gasteiger partial charge >= 0.3 is 6.03 Å². The number of hydrogen-bond donors (Lipinski definition) is 1. The normalized spacial score (nSPS) is 15.6.